The van der Waals surface area contributed by atoms with Gasteiger partial charge in [-0.15, -0.1) is 0 Å². The van der Waals surface area contributed by atoms with Crippen LogP contribution in [0.2, 0.25) is 0 Å². The van der Waals surface area contributed by atoms with Crippen molar-refractivity contribution in [1.29, 1.82) is 0 Å². The van der Waals surface area contributed by atoms with Crippen LogP contribution in [-0.2, 0) is 19.5 Å². The Morgan fingerprint density at radius 1 is 1.07 bits per heavy atom. The van der Waals surface area contributed by atoms with Crippen molar-refractivity contribution in [1.82, 2.24) is 4.31 Å². The van der Waals surface area contributed by atoms with E-state index in [-0.39, 0.29) is 12.1 Å². The van der Waals surface area contributed by atoms with Gasteiger partial charge in [-0.25, -0.2) is 17.7 Å². The minimum Gasteiger partial charge on any atom is -0.471 e. The van der Waals surface area contributed by atoms with E-state index in [9.17, 15) is 8.42 Å². The van der Waals surface area contributed by atoms with Gasteiger partial charge in [0.15, 0.2) is 5.90 Å². The summed E-state index contributed by atoms with van der Waals surface area (Å²) < 4.78 is 37.9. The highest BCUT2D eigenvalue weighted by Gasteiger charge is 2.32. The van der Waals surface area contributed by atoms with E-state index in [0.29, 0.717) is 36.8 Å². The van der Waals surface area contributed by atoms with E-state index in [4.69, 9.17) is 9.47 Å². The largest absolute Gasteiger partial charge is 0.471 e. The van der Waals surface area contributed by atoms with Gasteiger partial charge in [-0.3, -0.25) is 0 Å². The molecule has 2 aromatic rings. The molecule has 0 spiro atoms. The molecule has 0 amide bonds. The molecule has 1 aliphatic heterocycles. The number of hydrogen-bond donors (Lipinski definition) is 0. The summed E-state index contributed by atoms with van der Waals surface area (Å²) in [6.07, 6.45) is 1.04. The topological polar surface area (TPSA) is 68.2 Å². The molecule has 2 atom stereocenters. The molecule has 0 bridgehead atoms. The zero-order valence-corrected chi connectivity index (χ0v) is 17.0. The Labute approximate surface area is 166 Å². The number of sulfonamides is 1. The predicted octanol–water partition coefficient (Wildman–Crippen LogP) is 3.27. The molecule has 1 heterocycles. The molecule has 28 heavy (non-hydrogen) atoms. The normalized spacial score (nSPS) is 19.5. The van der Waals surface area contributed by atoms with Crippen LogP contribution >= 0.6 is 0 Å². The standard InChI is InChI=1S/C21H26N2O4S/c1-23(28(24,25)18-12-7-4-8-13-18)15-9-14-20-22-19(16-26-2)21(27-20)17-10-5-3-6-11-17/h3-8,10-13,19,21H,9,14-16H2,1-2H3/t19-,21-/m0/s1. The second-order valence-corrected chi connectivity index (χ2v) is 8.78. The number of nitrogens with zero attached hydrogens (tertiary/aromatic N) is 2. The van der Waals surface area contributed by atoms with E-state index < -0.39 is 10.0 Å². The highest BCUT2D eigenvalue weighted by Crippen LogP contribution is 2.30. The lowest BCUT2D eigenvalue weighted by atomic mass is 10.0. The number of benzene rings is 2. The van der Waals surface area contributed by atoms with Gasteiger partial charge >= 0.3 is 0 Å². The molecule has 0 aromatic heterocycles. The first kappa shape index (κ1) is 20.5. The van der Waals surface area contributed by atoms with Crippen LogP contribution in [0.4, 0.5) is 0 Å². The smallest absolute Gasteiger partial charge is 0.242 e. The minimum absolute atomic E-state index is 0.0896. The molecule has 0 fully saturated rings. The fourth-order valence-corrected chi connectivity index (χ4v) is 4.44. The molecule has 6 nitrogen and oxygen atoms in total. The van der Waals surface area contributed by atoms with Crippen molar-refractivity contribution in [3.63, 3.8) is 0 Å². The van der Waals surface area contributed by atoms with Crippen molar-refractivity contribution in [2.45, 2.75) is 29.9 Å². The van der Waals surface area contributed by atoms with E-state index in [2.05, 4.69) is 4.99 Å². The van der Waals surface area contributed by atoms with Gasteiger partial charge in [0.25, 0.3) is 0 Å². The van der Waals surface area contributed by atoms with Crippen molar-refractivity contribution in [3.8, 4) is 0 Å². The third-order valence-corrected chi connectivity index (χ3v) is 6.57. The first-order valence-electron chi connectivity index (χ1n) is 9.31. The quantitative estimate of drug-likeness (QED) is 0.646. The van der Waals surface area contributed by atoms with Crippen LogP contribution in [0.1, 0.15) is 24.5 Å². The zero-order valence-electron chi connectivity index (χ0n) is 16.2. The molecule has 0 saturated carbocycles. The number of rotatable bonds is 9. The maximum Gasteiger partial charge on any atom is 0.242 e. The highest BCUT2D eigenvalue weighted by molar-refractivity contribution is 7.89. The van der Waals surface area contributed by atoms with Gasteiger partial charge in [0.1, 0.15) is 12.1 Å². The fraction of sp³-hybridized carbons (Fsp3) is 0.381. The summed E-state index contributed by atoms with van der Waals surface area (Å²) in [6.45, 7) is 0.871. The molecule has 2 aromatic carbocycles. The zero-order chi connectivity index (χ0) is 20.0. The van der Waals surface area contributed by atoms with Gasteiger partial charge in [-0.2, -0.15) is 0 Å². The lowest BCUT2D eigenvalue weighted by Gasteiger charge is -2.18. The molecular weight excluding hydrogens is 376 g/mol. The van der Waals surface area contributed by atoms with Crippen LogP contribution in [0, 0.1) is 0 Å². The van der Waals surface area contributed by atoms with Crippen molar-refractivity contribution in [2.75, 3.05) is 27.3 Å². The van der Waals surface area contributed by atoms with Crippen LogP contribution in [-0.4, -0.2) is 52.0 Å². The van der Waals surface area contributed by atoms with Crippen LogP contribution in [0.15, 0.2) is 70.6 Å². The molecule has 1 aliphatic rings. The average Bonchev–Trinajstić information content (AvgIpc) is 3.12. The fourth-order valence-electron chi connectivity index (χ4n) is 3.21. The van der Waals surface area contributed by atoms with Gasteiger partial charge in [0.2, 0.25) is 10.0 Å². The van der Waals surface area contributed by atoms with E-state index in [1.165, 1.54) is 4.31 Å². The van der Waals surface area contributed by atoms with Gasteiger partial charge in [-0.05, 0) is 24.1 Å². The third kappa shape index (κ3) is 4.79. The monoisotopic (exact) mass is 402 g/mol. The Morgan fingerprint density at radius 3 is 2.36 bits per heavy atom. The maximum atomic E-state index is 12.6. The van der Waals surface area contributed by atoms with Crippen molar-refractivity contribution >= 4 is 15.9 Å². The molecular formula is C21H26N2O4S. The molecule has 150 valence electrons. The highest BCUT2D eigenvalue weighted by atomic mass is 32.2. The summed E-state index contributed by atoms with van der Waals surface area (Å²) in [4.78, 5) is 4.96. The second-order valence-electron chi connectivity index (χ2n) is 6.74. The van der Waals surface area contributed by atoms with Gasteiger partial charge in [-0.1, -0.05) is 48.5 Å². The first-order chi connectivity index (χ1) is 13.5. The number of methoxy groups -OCH3 is 1. The Kier molecular flexibility index (Phi) is 6.83. The van der Waals surface area contributed by atoms with Crippen LogP contribution in [0.5, 0.6) is 0 Å². The van der Waals surface area contributed by atoms with E-state index >= 15 is 0 Å². The Bertz CT molecular complexity index is 885. The molecule has 0 unspecified atom stereocenters. The summed E-state index contributed by atoms with van der Waals surface area (Å²) in [6, 6.07) is 18.3. The lowest BCUT2D eigenvalue weighted by molar-refractivity contribution is 0.118. The molecule has 0 radical (unpaired) electrons. The lowest BCUT2D eigenvalue weighted by Crippen LogP contribution is -2.28. The summed E-state index contributed by atoms with van der Waals surface area (Å²) in [7, 11) is -0.226. The summed E-state index contributed by atoms with van der Waals surface area (Å²) in [5.74, 6) is 0.654. The van der Waals surface area contributed by atoms with Crippen LogP contribution < -0.4 is 0 Å². The predicted molar refractivity (Wildman–Crippen MR) is 109 cm³/mol. The summed E-state index contributed by atoms with van der Waals surface area (Å²) in [5.41, 5.74) is 1.06. The van der Waals surface area contributed by atoms with Gasteiger partial charge in [0.05, 0.1) is 11.5 Å². The maximum absolute atomic E-state index is 12.6. The number of ether oxygens (including phenoxy) is 2. The van der Waals surface area contributed by atoms with Gasteiger partial charge in [0, 0.05) is 27.1 Å². The van der Waals surface area contributed by atoms with Gasteiger partial charge < -0.3 is 9.47 Å². The molecule has 3 rings (SSSR count). The first-order valence-corrected chi connectivity index (χ1v) is 10.7. The molecule has 7 heteroatoms. The average molecular weight is 403 g/mol. The number of aliphatic imine (C=N–C) groups is 1. The van der Waals surface area contributed by atoms with Crippen LogP contribution in [0.3, 0.4) is 0 Å². The summed E-state index contributed by atoms with van der Waals surface area (Å²) in [5, 5.41) is 0. The SMILES string of the molecule is COC[C@@H]1N=C(CCCN(C)S(=O)(=O)c2ccccc2)O[C@H]1c1ccccc1. The van der Waals surface area contributed by atoms with Crippen molar-refractivity contribution < 1.29 is 17.9 Å². The minimum atomic E-state index is -3.48. The Hall–Kier alpha value is -2.22. The van der Waals surface area contributed by atoms with Crippen LogP contribution in [0.25, 0.3) is 0 Å². The Morgan fingerprint density at radius 2 is 1.71 bits per heavy atom. The van der Waals surface area contributed by atoms with Crippen molar-refractivity contribution in [2.24, 2.45) is 4.99 Å². The van der Waals surface area contributed by atoms with E-state index in [1.807, 2.05) is 30.3 Å². The van der Waals surface area contributed by atoms with E-state index in [1.54, 1.807) is 44.5 Å². The number of hydrogen-bond acceptors (Lipinski definition) is 5. The summed E-state index contributed by atoms with van der Waals surface area (Å²) >= 11 is 0. The third-order valence-electron chi connectivity index (χ3n) is 4.70. The van der Waals surface area contributed by atoms with E-state index in [0.717, 1.165) is 5.56 Å². The second kappa shape index (κ2) is 9.32. The molecule has 0 aliphatic carbocycles. The molecule has 0 saturated heterocycles. The van der Waals surface area contributed by atoms with Crippen molar-refractivity contribution in [3.05, 3.63) is 66.2 Å². The Balaban J connectivity index is 1.58. The molecule has 0 N–H and O–H groups in total.